The third kappa shape index (κ3) is 6.27. The van der Waals surface area contributed by atoms with Crippen molar-refractivity contribution < 1.29 is 8.76 Å². The molecule has 0 aliphatic carbocycles. The molecule has 1 atom stereocenters. The van der Waals surface area contributed by atoms with E-state index >= 15 is 0 Å². The molecule has 0 amide bonds. The van der Waals surface area contributed by atoms with Crippen molar-refractivity contribution in [3.8, 4) is 0 Å². The Balaban J connectivity index is 1.69. The maximum atomic E-state index is 13.0. The van der Waals surface area contributed by atoms with Crippen molar-refractivity contribution in [2.45, 2.75) is 11.8 Å². The quantitative estimate of drug-likeness (QED) is 0.138. The summed E-state index contributed by atoms with van der Waals surface area (Å²) >= 11 is 5.84. The number of benzene rings is 4. The molecule has 0 fully saturated rings. The van der Waals surface area contributed by atoms with Crippen LogP contribution in [0.1, 0.15) is 11.1 Å². The van der Waals surface area contributed by atoms with E-state index in [0.29, 0.717) is 15.8 Å². The lowest BCUT2D eigenvalue weighted by molar-refractivity contribution is 0.497. The molecule has 0 spiro atoms. The summed E-state index contributed by atoms with van der Waals surface area (Å²) < 4.78 is 23.7. The van der Waals surface area contributed by atoms with Crippen LogP contribution in [0.25, 0.3) is 0 Å². The van der Waals surface area contributed by atoms with Gasteiger partial charge in [-0.2, -0.15) is 4.55 Å². The van der Waals surface area contributed by atoms with E-state index in [1.54, 1.807) is 24.3 Å². The Labute approximate surface area is 212 Å². The number of aliphatic imine (C=N–C) groups is 1. The van der Waals surface area contributed by atoms with Crippen LogP contribution in [0.2, 0.25) is 0 Å². The zero-order chi connectivity index (χ0) is 24.7. The second-order valence-electron chi connectivity index (χ2n) is 7.89. The molecule has 5 nitrogen and oxygen atoms in total. The maximum Gasteiger partial charge on any atom is 0.269 e. The van der Waals surface area contributed by atoms with Crippen LogP contribution in [0.15, 0.2) is 125 Å². The van der Waals surface area contributed by atoms with Gasteiger partial charge in [0, 0.05) is 16.9 Å². The van der Waals surface area contributed by atoms with Gasteiger partial charge in [0.2, 0.25) is 5.88 Å². The maximum absolute atomic E-state index is 13.0. The Bertz CT molecular complexity index is 1300. The van der Waals surface area contributed by atoms with Crippen LogP contribution in [0.3, 0.4) is 0 Å². The van der Waals surface area contributed by atoms with Crippen molar-refractivity contribution >= 4 is 44.8 Å². The van der Waals surface area contributed by atoms with Gasteiger partial charge in [-0.3, -0.25) is 4.90 Å². The second kappa shape index (κ2) is 11.2. The first kappa shape index (κ1) is 24.5. The summed E-state index contributed by atoms with van der Waals surface area (Å²) in [4.78, 5) is 6.79. The predicted molar refractivity (Wildman–Crippen MR) is 149 cm³/mol. The minimum Gasteiger partial charge on any atom is -0.316 e. The lowest BCUT2D eigenvalue weighted by Gasteiger charge is -2.26. The number of aryl methyl sites for hydroxylation is 1. The SMILES string of the molecule is Cc1ccc(C(=NC[S+](=O)(O)c2ccccc2)NC(=S)N(c2ccccc2)c2ccccc2)cc1. The van der Waals surface area contributed by atoms with Crippen LogP contribution in [0, 0.1) is 6.92 Å². The molecule has 0 aliphatic heterocycles. The highest BCUT2D eigenvalue weighted by molar-refractivity contribution is 7.97. The van der Waals surface area contributed by atoms with Crippen LogP contribution in [0.5, 0.6) is 0 Å². The van der Waals surface area contributed by atoms with Gasteiger partial charge in [-0.1, -0.05) is 88.6 Å². The van der Waals surface area contributed by atoms with Crippen LogP contribution in [-0.4, -0.2) is 21.4 Å². The molecule has 2 N–H and O–H groups in total. The fourth-order valence-electron chi connectivity index (χ4n) is 3.47. The number of anilines is 2. The van der Waals surface area contributed by atoms with E-state index in [9.17, 15) is 8.76 Å². The Morgan fingerprint density at radius 1 is 0.829 bits per heavy atom. The van der Waals surface area contributed by atoms with Crippen molar-refractivity contribution in [2.75, 3.05) is 10.8 Å². The lowest BCUT2D eigenvalue weighted by atomic mass is 10.1. The smallest absolute Gasteiger partial charge is 0.269 e. The molecule has 0 radical (unpaired) electrons. The Morgan fingerprint density at radius 3 is 1.83 bits per heavy atom. The summed E-state index contributed by atoms with van der Waals surface area (Å²) in [5.41, 5.74) is 3.63. The van der Waals surface area contributed by atoms with Crippen molar-refractivity contribution in [1.82, 2.24) is 5.32 Å². The monoisotopic (exact) mass is 500 g/mol. The fraction of sp³-hybridized carbons (Fsp3) is 0.0714. The van der Waals surface area contributed by atoms with Crippen LogP contribution in [0.4, 0.5) is 11.4 Å². The lowest BCUT2D eigenvalue weighted by Crippen LogP contribution is -2.41. The zero-order valence-electron chi connectivity index (χ0n) is 19.2. The van der Waals surface area contributed by atoms with E-state index in [2.05, 4.69) is 10.3 Å². The fourth-order valence-corrected chi connectivity index (χ4v) is 4.81. The van der Waals surface area contributed by atoms with Crippen molar-refractivity contribution in [1.29, 1.82) is 0 Å². The van der Waals surface area contributed by atoms with E-state index in [4.69, 9.17) is 12.2 Å². The van der Waals surface area contributed by atoms with Crippen molar-refractivity contribution in [2.24, 2.45) is 4.99 Å². The van der Waals surface area contributed by atoms with Crippen LogP contribution >= 0.6 is 12.2 Å². The molecule has 4 aromatic rings. The largest absolute Gasteiger partial charge is 0.316 e. The average molecular weight is 501 g/mol. The highest BCUT2D eigenvalue weighted by atomic mass is 32.3. The van der Waals surface area contributed by atoms with Crippen LogP contribution in [-0.2, 0) is 14.4 Å². The number of thiocarbonyl (C=S) groups is 1. The zero-order valence-corrected chi connectivity index (χ0v) is 20.9. The Kier molecular flexibility index (Phi) is 7.82. The van der Waals surface area contributed by atoms with Gasteiger partial charge in [-0.15, -0.1) is 0 Å². The van der Waals surface area contributed by atoms with Gasteiger partial charge in [0.15, 0.2) is 10.0 Å². The molecular weight excluding hydrogens is 474 g/mol. The standard InChI is InChI=1S/C28H25N3O2S2/c1-22-17-19-23(20-18-22)27(29-21-35(32,33)26-15-9-4-10-16-26)30-28(34)31(24-11-5-2-6-12-24)25-13-7-3-8-14-25/h2-20H,21H2,1H3,(H-,29,30,32,33,34)/p+1. The van der Waals surface area contributed by atoms with Gasteiger partial charge in [-0.25, -0.2) is 4.99 Å². The number of amidine groups is 1. The highest BCUT2D eigenvalue weighted by Crippen LogP contribution is 2.25. The minimum atomic E-state index is -3.37. The summed E-state index contributed by atoms with van der Waals surface area (Å²) in [7, 11) is -3.37. The summed E-state index contributed by atoms with van der Waals surface area (Å²) in [6, 6.07) is 35.9. The number of hydrogen-bond acceptors (Lipinski definition) is 3. The molecule has 0 bridgehead atoms. The molecular formula is C28H26N3O2S2+. The number of hydrogen-bond donors (Lipinski definition) is 2. The molecule has 35 heavy (non-hydrogen) atoms. The molecule has 1 unspecified atom stereocenters. The molecule has 0 heterocycles. The van der Waals surface area contributed by atoms with Gasteiger partial charge in [0.1, 0.15) is 5.84 Å². The third-order valence-electron chi connectivity index (χ3n) is 5.29. The Hall–Kier alpha value is -3.65. The third-order valence-corrected chi connectivity index (χ3v) is 7.06. The van der Waals surface area contributed by atoms with E-state index in [1.807, 2.05) is 103 Å². The van der Waals surface area contributed by atoms with E-state index in [-0.39, 0.29) is 5.88 Å². The molecule has 7 heteroatoms. The van der Waals surface area contributed by atoms with E-state index < -0.39 is 10.2 Å². The van der Waals surface area contributed by atoms with E-state index in [0.717, 1.165) is 22.5 Å². The predicted octanol–water partition coefficient (Wildman–Crippen LogP) is 6.44. The second-order valence-corrected chi connectivity index (χ2v) is 10.3. The molecule has 0 aliphatic rings. The first-order valence-corrected chi connectivity index (χ1v) is 13.2. The van der Waals surface area contributed by atoms with Gasteiger partial charge in [-0.05, 0) is 55.5 Å². The molecule has 0 aromatic heterocycles. The molecule has 176 valence electrons. The highest BCUT2D eigenvalue weighted by Gasteiger charge is 2.28. The topological polar surface area (TPSA) is 64.9 Å². The van der Waals surface area contributed by atoms with Gasteiger partial charge in [0.25, 0.3) is 10.2 Å². The number of nitrogens with one attached hydrogen (secondary N) is 1. The average Bonchev–Trinajstić information content (AvgIpc) is 2.89. The summed E-state index contributed by atoms with van der Waals surface area (Å²) in [5.74, 6) is 0.122. The normalized spacial score (nSPS) is 13.0. The molecule has 4 rings (SSSR count). The van der Waals surface area contributed by atoms with Gasteiger partial charge in [0.05, 0.1) is 0 Å². The summed E-state index contributed by atoms with van der Waals surface area (Å²) in [5, 5.41) is 3.64. The van der Waals surface area contributed by atoms with Crippen molar-refractivity contribution in [3.63, 3.8) is 0 Å². The number of para-hydroxylation sites is 2. The van der Waals surface area contributed by atoms with E-state index in [1.165, 1.54) is 0 Å². The van der Waals surface area contributed by atoms with Crippen LogP contribution < -0.4 is 10.2 Å². The van der Waals surface area contributed by atoms with Gasteiger partial charge >= 0.3 is 0 Å². The number of rotatable bonds is 6. The molecule has 0 saturated carbocycles. The molecule has 4 aromatic carbocycles. The Morgan fingerprint density at radius 2 is 1.31 bits per heavy atom. The summed E-state index contributed by atoms with van der Waals surface area (Å²) in [6.45, 7) is 2.00. The first-order chi connectivity index (χ1) is 16.9. The molecule has 0 saturated heterocycles. The summed E-state index contributed by atoms with van der Waals surface area (Å²) in [6.07, 6.45) is 0. The van der Waals surface area contributed by atoms with Crippen molar-refractivity contribution in [3.05, 3.63) is 126 Å². The minimum absolute atomic E-state index is 0.299. The number of nitrogens with zero attached hydrogens (tertiary/aromatic N) is 2. The van der Waals surface area contributed by atoms with Gasteiger partial charge < -0.3 is 5.32 Å². The first-order valence-electron chi connectivity index (χ1n) is 11.1.